The minimum absolute atomic E-state index is 0.00839. The summed E-state index contributed by atoms with van der Waals surface area (Å²) in [5.41, 5.74) is 11.1. The number of nitrogen functional groups attached to an aromatic ring is 1. The normalized spacial score (nSPS) is 18.0. The Balaban J connectivity index is 1.54. The van der Waals surface area contributed by atoms with Crippen LogP contribution in [0.5, 0.6) is 5.75 Å². The lowest BCUT2D eigenvalue weighted by atomic mass is 9.89. The first-order chi connectivity index (χ1) is 18.5. The fraction of sp³-hybridized carbons (Fsp3) is 0.448. The number of aliphatic hydroxyl groups is 1. The van der Waals surface area contributed by atoms with Gasteiger partial charge in [-0.3, -0.25) is 0 Å². The maximum absolute atomic E-state index is 9.97. The molecule has 0 bridgehead atoms. The summed E-state index contributed by atoms with van der Waals surface area (Å²) >= 11 is 0. The molecule has 2 aromatic heterocycles. The van der Waals surface area contributed by atoms with E-state index in [1.165, 1.54) is 5.56 Å². The Labute approximate surface area is 223 Å². The largest absolute Gasteiger partial charge is 0.496 e. The molecule has 1 atom stereocenters. The van der Waals surface area contributed by atoms with Crippen molar-refractivity contribution in [1.29, 1.82) is 0 Å². The van der Waals surface area contributed by atoms with Crippen LogP contribution >= 0.6 is 0 Å². The third-order valence-electron chi connectivity index (χ3n) is 7.52. The number of hydrogen-bond acceptors (Lipinski definition) is 8. The molecular weight excluding hydrogens is 480 g/mol. The molecule has 202 valence electrons. The van der Waals surface area contributed by atoms with Gasteiger partial charge in [0.1, 0.15) is 16.8 Å². The second-order valence-electron chi connectivity index (χ2n) is 10.1. The quantitative estimate of drug-likeness (QED) is 0.222. The Hall–Kier alpha value is -3.40. The highest BCUT2D eigenvalue weighted by atomic mass is 16.5. The van der Waals surface area contributed by atoms with E-state index in [1.54, 1.807) is 14.2 Å². The van der Waals surface area contributed by atoms with E-state index in [0.717, 1.165) is 65.5 Å². The van der Waals surface area contributed by atoms with E-state index in [0.29, 0.717) is 24.5 Å². The molecule has 2 aromatic carbocycles. The lowest BCUT2D eigenvalue weighted by Crippen LogP contribution is -2.44. The van der Waals surface area contributed by atoms with E-state index in [1.807, 2.05) is 18.2 Å². The second-order valence-corrected chi connectivity index (χ2v) is 10.1. The van der Waals surface area contributed by atoms with Crippen LogP contribution in [0.4, 0.5) is 11.8 Å². The van der Waals surface area contributed by atoms with Crippen LogP contribution < -0.4 is 21.1 Å². The molecule has 5 rings (SSSR count). The van der Waals surface area contributed by atoms with Crippen molar-refractivity contribution in [2.45, 2.75) is 63.9 Å². The molecule has 2 heterocycles. The lowest BCUT2D eigenvalue weighted by molar-refractivity contribution is 0.0170. The highest BCUT2D eigenvalue weighted by Gasteiger charge is 2.28. The second kappa shape index (κ2) is 11.6. The molecule has 0 spiro atoms. The van der Waals surface area contributed by atoms with Crippen LogP contribution in [0.3, 0.4) is 0 Å². The first kappa shape index (κ1) is 26.2. The number of benzene rings is 2. The summed E-state index contributed by atoms with van der Waals surface area (Å²) in [6.07, 6.45) is 4.22. The van der Waals surface area contributed by atoms with Gasteiger partial charge >= 0.3 is 0 Å². The minimum Gasteiger partial charge on any atom is -0.496 e. The number of fused-ring (bicyclic) bond motifs is 3. The van der Waals surface area contributed by atoms with Gasteiger partial charge in [-0.25, -0.2) is 4.98 Å². The monoisotopic (exact) mass is 518 g/mol. The van der Waals surface area contributed by atoms with Crippen molar-refractivity contribution in [3.63, 3.8) is 0 Å². The fourth-order valence-electron chi connectivity index (χ4n) is 5.38. The zero-order valence-electron chi connectivity index (χ0n) is 22.4. The third kappa shape index (κ3) is 5.27. The van der Waals surface area contributed by atoms with Crippen molar-refractivity contribution in [1.82, 2.24) is 19.9 Å². The fourth-order valence-corrected chi connectivity index (χ4v) is 5.38. The number of aliphatic hydroxyl groups excluding tert-OH is 1. The van der Waals surface area contributed by atoms with Crippen LogP contribution in [0.1, 0.15) is 43.7 Å². The minimum atomic E-state index is -0.128. The molecule has 38 heavy (non-hydrogen) atoms. The number of nitrogens with two attached hydrogens (primary N) is 1. The van der Waals surface area contributed by atoms with Crippen LogP contribution in [-0.4, -0.2) is 58.7 Å². The number of nitrogens with one attached hydrogen (secondary N) is 2. The van der Waals surface area contributed by atoms with E-state index in [2.05, 4.69) is 56.4 Å². The van der Waals surface area contributed by atoms with Crippen molar-refractivity contribution in [3.05, 3.63) is 53.6 Å². The molecule has 9 nitrogen and oxygen atoms in total. The van der Waals surface area contributed by atoms with Gasteiger partial charge in [-0.05, 0) is 43.0 Å². The summed E-state index contributed by atoms with van der Waals surface area (Å²) in [5.74, 6) is 1.66. The molecule has 1 aliphatic rings. The van der Waals surface area contributed by atoms with Gasteiger partial charge in [-0.2, -0.15) is 4.98 Å². The Morgan fingerprint density at radius 1 is 1.16 bits per heavy atom. The highest BCUT2D eigenvalue weighted by Crippen LogP contribution is 2.34. The van der Waals surface area contributed by atoms with Gasteiger partial charge in [0.15, 0.2) is 5.82 Å². The smallest absolute Gasteiger partial charge is 0.222 e. The predicted molar refractivity (Wildman–Crippen MR) is 152 cm³/mol. The van der Waals surface area contributed by atoms with E-state index in [4.69, 9.17) is 15.2 Å². The zero-order chi connectivity index (χ0) is 26.6. The third-order valence-corrected chi connectivity index (χ3v) is 7.52. The number of methoxy groups -OCH3 is 2. The molecule has 1 aliphatic carbocycles. The lowest BCUT2D eigenvalue weighted by Gasteiger charge is -2.34. The number of aromatic nitrogens is 3. The molecule has 1 fully saturated rings. The number of para-hydroxylation sites is 1. The van der Waals surface area contributed by atoms with Crippen LogP contribution in [-0.2, 0) is 17.8 Å². The Kier molecular flexibility index (Phi) is 7.97. The number of anilines is 2. The highest BCUT2D eigenvalue weighted by molar-refractivity contribution is 6.09. The van der Waals surface area contributed by atoms with Gasteiger partial charge in [0.05, 0.1) is 37.9 Å². The summed E-state index contributed by atoms with van der Waals surface area (Å²) < 4.78 is 13.4. The maximum Gasteiger partial charge on any atom is 0.222 e. The standard InChI is InChI=1S/C29H38N6O3/c1-4-7-20(17-36)32-28-27-26(33-29(30)34-28)23-8-5-6-9-24(23)35(27)16-19-12-18(10-11-25(19)38-3)15-31-21-13-22(14-21)37-2/h5-6,8-12,20-22,31,36H,4,7,13-17H2,1-3H3,(H3,30,32,33,34)/t20-,21?,22?/m0/s1. The van der Waals surface area contributed by atoms with Crippen LogP contribution in [0.15, 0.2) is 42.5 Å². The van der Waals surface area contributed by atoms with Gasteiger partial charge in [0, 0.05) is 30.6 Å². The molecule has 1 saturated carbocycles. The van der Waals surface area contributed by atoms with Gasteiger partial charge in [0.2, 0.25) is 5.95 Å². The summed E-state index contributed by atoms with van der Waals surface area (Å²) in [6.45, 7) is 3.46. The number of ether oxygens (including phenoxy) is 2. The summed E-state index contributed by atoms with van der Waals surface area (Å²) in [7, 11) is 3.48. The molecular formula is C29H38N6O3. The van der Waals surface area contributed by atoms with Crippen molar-refractivity contribution < 1.29 is 14.6 Å². The van der Waals surface area contributed by atoms with Crippen molar-refractivity contribution in [2.24, 2.45) is 0 Å². The van der Waals surface area contributed by atoms with Crippen LogP contribution in [0.25, 0.3) is 21.9 Å². The van der Waals surface area contributed by atoms with Gasteiger partial charge in [-0.15, -0.1) is 0 Å². The molecule has 5 N–H and O–H groups in total. The van der Waals surface area contributed by atoms with Gasteiger partial charge in [-0.1, -0.05) is 37.6 Å². The van der Waals surface area contributed by atoms with E-state index in [9.17, 15) is 5.11 Å². The van der Waals surface area contributed by atoms with Crippen LogP contribution in [0.2, 0.25) is 0 Å². The van der Waals surface area contributed by atoms with Crippen LogP contribution in [0, 0.1) is 0 Å². The van der Waals surface area contributed by atoms with Crippen molar-refractivity contribution >= 4 is 33.7 Å². The first-order valence-electron chi connectivity index (χ1n) is 13.4. The molecule has 4 aromatic rings. The Morgan fingerprint density at radius 3 is 2.71 bits per heavy atom. The topological polar surface area (TPSA) is 119 Å². The molecule has 0 aliphatic heterocycles. The summed E-state index contributed by atoms with van der Waals surface area (Å²) in [6, 6.07) is 14.9. The Morgan fingerprint density at radius 2 is 1.97 bits per heavy atom. The maximum atomic E-state index is 9.97. The number of hydrogen-bond donors (Lipinski definition) is 4. The molecule has 0 amide bonds. The van der Waals surface area contributed by atoms with E-state index < -0.39 is 0 Å². The number of rotatable bonds is 12. The van der Waals surface area contributed by atoms with Gasteiger partial charge < -0.3 is 35.5 Å². The Bertz CT molecular complexity index is 1400. The molecule has 9 heteroatoms. The molecule has 0 radical (unpaired) electrons. The summed E-state index contributed by atoms with van der Waals surface area (Å²) in [4.78, 5) is 9.21. The average molecular weight is 519 g/mol. The van der Waals surface area contributed by atoms with E-state index in [-0.39, 0.29) is 18.6 Å². The summed E-state index contributed by atoms with van der Waals surface area (Å²) in [5, 5.41) is 18.1. The SMILES string of the molecule is CCC[C@@H](CO)Nc1nc(N)nc2c3ccccc3n(Cc3cc(CNC4CC(OC)C4)ccc3OC)c12. The first-order valence-corrected chi connectivity index (χ1v) is 13.4. The zero-order valence-corrected chi connectivity index (χ0v) is 22.4. The average Bonchev–Trinajstić information content (AvgIpc) is 3.21. The predicted octanol–water partition coefficient (Wildman–Crippen LogP) is 4.06. The molecule has 0 unspecified atom stereocenters. The van der Waals surface area contributed by atoms with Gasteiger partial charge in [0.25, 0.3) is 0 Å². The van der Waals surface area contributed by atoms with Crippen molar-refractivity contribution in [3.8, 4) is 5.75 Å². The molecule has 0 saturated heterocycles. The number of nitrogens with zero attached hydrogens (tertiary/aromatic N) is 3. The van der Waals surface area contributed by atoms with Crippen molar-refractivity contribution in [2.75, 3.05) is 31.9 Å². The van der Waals surface area contributed by atoms with E-state index >= 15 is 0 Å².